The number of anilines is 2. The van der Waals surface area contributed by atoms with E-state index in [1.54, 1.807) is 12.4 Å². The predicted octanol–water partition coefficient (Wildman–Crippen LogP) is 2.95. The first kappa shape index (κ1) is 19.1. The number of hydrogen-bond donors (Lipinski definition) is 1. The van der Waals surface area contributed by atoms with Gasteiger partial charge in [-0.2, -0.15) is 0 Å². The summed E-state index contributed by atoms with van der Waals surface area (Å²) in [5.74, 6) is 0.539. The molecule has 1 aliphatic heterocycles. The van der Waals surface area contributed by atoms with Crippen LogP contribution in [0.5, 0.6) is 0 Å². The monoisotopic (exact) mass is 367 g/mol. The van der Waals surface area contributed by atoms with Crippen LogP contribution in [0.25, 0.3) is 0 Å². The molecule has 0 unspecified atom stereocenters. The maximum atomic E-state index is 12.2. The second-order valence-corrected chi connectivity index (χ2v) is 8.17. The number of benzene rings is 1. The third kappa shape index (κ3) is 4.56. The molecule has 6 nitrogen and oxygen atoms in total. The van der Waals surface area contributed by atoms with Crippen molar-refractivity contribution in [3.8, 4) is 0 Å². The fourth-order valence-electron chi connectivity index (χ4n) is 3.24. The number of piperazine rings is 1. The summed E-state index contributed by atoms with van der Waals surface area (Å²) in [5, 5.41) is 2.93. The lowest BCUT2D eigenvalue weighted by Crippen LogP contribution is -2.47. The van der Waals surface area contributed by atoms with Crippen LogP contribution < -0.4 is 15.1 Å². The van der Waals surface area contributed by atoms with E-state index >= 15 is 0 Å². The lowest BCUT2D eigenvalue weighted by molar-refractivity contribution is 0.0919. The van der Waals surface area contributed by atoms with Gasteiger partial charge in [0.1, 0.15) is 0 Å². The van der Waals surface area contributed by atoms with E-state index < -0.39 is 0 Å². The Morgan fingerprint density at radius 3 is 2.19 bits per heavy atom. The van der Waals surface area contributed by atoms with Gasteiger partial charge in [-0.1, -0.05) is 12.1 Å². The van der Waals surface area contributed by atoms with Gasteiger partial charge in [-0.05, 0) is 51.8 Å². The zero-order chi connectivity index (χ0) is 19.6. The predicted molar refractivity (Wildman–Crippen MR) is 110 cm³/mol. The highest BCUT2D eigenvalue weighted by Crippen LogP contribution is 2.24. The maximum absolute atomic E-state index is 12.2. The van der Waals surface area contributed by atoms with Crippen molar-refractivity contribution in [2.45, 2.75) is 40.2 Å². The van der Waals surface area contributed by atoms with Crippen LogP contribution in [0, 0.1) is 13.8 Å². The van der Waals surface area contributed by atoms with Gasteiger partial charge in [-0.25, -0.2) is 9.97 Å². The molecule has 0 aliphatic carbocycles. The molecule has 3 rings (SSSR count). The molecule has 1 amide bonds. The molecule has 1 aromatic carbocycles. The minimum Gasteiger partial charge on any atom is -0.368 e. The average Bonchev–Trinajstić information content (AvgIpc) is 2.63. The standard InChI is InChI=1S/C21H29N5O/c1-15-7-6-8-18(16(15)2)25-9-11-26(12-10-25)20-22-13-17(14-23-20)19(27)24-21(3,4)5/h6-8,13-14H,9-12H2,1-5H3,(H,24,27). The molecule has 1 N–H and O–H groups in total. The van der Waals surface area contributed by atoms with Gasteiger partial charge in [-0.3, -0.25) is 4.79 Å². The van der Waals surface area contributed by atoms with Gasteiger partial charge >= 0.3 is 0 Å². The maximum Gasteiger partial charge on any atom is 0.254 e. The fraction of sp³-hybridized carbons (Fsp3) is 0.476. The Morgan fingerprint density at radius 1 is 1.00 bits per heavy atom. The Kier molecular flexibility index (Phi) is 5.35. The van der Waals surface area contributed by atoms with Crippen LogP contribution >= 0.6 is 0 Å². The normalized spacial score (nSPS) is 15.0. The number of carbonyl (C=O) groups excluding carboxylic acids is 1. The lowest BCUT2D eigenvalue weighted by Gasteiger charge is -2.37. The number of hydrogen-bond acceptors (Lipinski definition) is 5. The topological polar surface area (TPSA) is 61.4 Å². The molecule has 0 atom stereocenters. The Morgan fingerprint density at radius 2 is 1.59 bits per heavy atom. The van der Waals surface area contributed by atoms with Crippen LogP contribution in [0.2, 0.25) is 0 Å². The Bertz CT molecular complexity index is 802. The van der Waals surface area contributed by atoms with Crippen molar-refractivity contribution in [2.24, 2.45) is 0 Å². The van der Waals surface area contributed by atoms with Crippen molar-refractivity contribution in [3.63, 3.8) is 0 Å². The van der Waals surface area contributed by atoms with Gasteiger partial charge in [0.25, 0.3) is 5.91 Å². The molecular formula is C21H29N5O. The number of nitrogens with zero attached hydrogens (tertiary/aromatic N) is 4. The molecule has 1 fully saturated rings. The van der Waals surface area contributed by atoms with Gasteiger partial charge in [0, 0.05) is 49.8 Å². The van der Waals surface area contributed by atoms with E-state index in [1.807, 2.05) is 20.8 Å². The van der Waals surface area contributed by atoms with Crippen molar-refractivity contribution in [1.82, 2.24) is 15.3 Å². The molecule has 2 aromatic rings. The fourth-order valence-corrected chi connectivity index (χ4v) is 3.24. The summed E-state index contributed by atoms with van der Waals surface area (Å²) in [6, 6.07) is 6.46. The molecule has 2 heterocycles. The van der Waals surface area contributed by atoms with E-state index in [-0.39, 0.29) is 11.4 Å². The van der Waals surface area contributed by atoms with Crippen molar-refractivity contribution in [1.29, 1.82) is 0 Å². The smallest absolute Gasteiger partial charge is 0.254 e. The minimum atomic E-state index is -0.278. The number of amides is 1. The van der Waals surface area contributed by atoms with Crippen molar-refractivity contribution >= 4 is 17.5 Å². The van der Waals surface area contributed by atoms with E-state index in [9.17, 15) is 4.79 Å². The summed E-state index contributed by atoms with van der Waals surface area (Å²) >= 11 is 0. The molecule has 1 saturated heterocycles. The number of aryl methyl sites for hydroxylation is 1. The Balaban J connectivity index is 1.63. The highest BCUT2D eigenvalue weighted by atomic mass is 16.1. The third-order valence-electron chi connectivity index (χ3n) is 4.87. The average molecular weight is 367 g/mol. The zero-order valence-corrected chi connectivity index (χ0v) is 16.9. The number of carbonyl (C=O) groups is 1. The SMILES string of the molecule is Cc1cccc(N2CCN(c3ncc(C(=O)NC(C)(C)C)cn3)CC2)c1C. The summed E-state index contributed by atoms with van der Waals surface area (Å²) in [5.41, 5.74) is 4.19. The van der Waals surface area contributed by atoms with Crippen LogP contribution in [-0.2, 0) is 0 Å². The Hall–Kier alpha value is -2.63. The van der Waals surface area contributed by atoms with Crippen LogP contribution in [0.1, 0.15) is 42.3 Å². The summed E-state index contributed by atoms with van der Waals surface area (Å²) in [7, 11) is 0. The van der Waals surface area contributed by atoms with Gasteiger partial charge < -0.3 is 15.1 Å². The minimum absolute atomic E-state index is 0.145. The first-order chi connectivity index (χ1) is 12.7. The molecule has 0 bridgehead atoms. The quantitative estimate of drug-likeness (QED) is 0.904. The van der Waals surface area contributed by atoms with Crippen LogP contribution in [0.3, 0.4) is 0 Å². The zero-order valence-electron chi connectivity index (χ0n) is 16.9. The molecule has 1 aliphatic rings. The van der Waals surface area contributed by atoms with E-state index in [0.29, 0.717) is 11.5 Å². The van der Waals surface area contributed by atoms with Crippen molar-refractivity contribution in [3.05, 3.63) is 47.3 Å². The van der Waals surface area contributed by atoms with Gasteiger partial charge in [-0.15, -0.1) is 0 Å². The summed E-state index contributed by atoms with van der Waals surface area (Å²) in [4.78, 5) is 25.6. The highest BCUT2D eigenvalue weighted by molar-refractivity contribution is 5.94. The highest BCUT2D eigenvalue weighted by Gasteiger charge is 2.21. The molecule has 0 spiro atoms. The summed E-state index contributed by atoms with van der Waals surface area (Å²) in [6.45, 7) is 13.8. The van der Waals surface area contributed by atoms with Crippen molar-refractivity contribution in [2.75, 3.05) is 36.0 Å². The van der Waals surface area contributed by atoms with E-state index in [1.165, 1.54) is 16.8 Å². The first-order valence-electron chi connectivity index (χ1n) is 9.45. The molecular weight excluding hydrogens is 338 g/mol. The van der Waals surface area contributed by atoms with Gasteiger partial charge in [0.2, 0.25) is 5.95 Å². The molecule has 0 saturated carbocycles. The Labute approximate surface area is 161 Å². The number of rotatable bonds is 3. The van der Waals surface area contributed by atoms with Crippen LogP contribution in [-0.4, -0.2) is 47.6 Å². The van der Waals surface area contributed by atoms with E-state index in [4.69, 9.17) is 0 Å². The van der Waals surface area contributed by atoms with E-state index in [2.05, 4.69) is 57.1 Å². The van der Waals surface area contributed by atoms with Gasteiger partial charge in [0.15, 0.2) is 0 Å². The summed E-state index contributed by atoms with van der Waals surface area (Å²) < 4.78 is 0. The molecule has 0 radical (unpaired) electrons. The molecule has 6 heteroatoms. The van der Waals surface area contributed by atoms with Crippen molar-refractivity contribution < 1.29 is 4.79 Å². The molecule has 1 aromatic heterocycles. The lowest BCUT2D eigenvalue weighted by atomic mass is 10.1. The largest absolute Gasteiger partial charge is 0.368 e. The molecule has 27 heavy (non-hydrogen) atoms. The molecule has 144 valence electrons. The van der Waals surface area contributed by atoms with Crippen LogP contribution in [0.4, 0.5) is 11.6 Å². The second kappa shape index (κ2) is 7.55. The number of aromatic nitrogens is 2. The third-order valence-corrected chi connectivity index (χ3v) is 4.87. The number of nitrogens with one attached hydrogen (secondary N) is 1. The van der Waals surface area contributed by atoms with E-state index in [0.717, 1.165) is 26.2 Å². The van der Waals surface area contributed by atoms with Gasteiger partial charge in [0.05, 0.1) is 5.56 Å². The summed E-state index contributed by atoms with van der Waals surface area (Å²) in [6.07, 6.45) is 3.22. The first-order valence-corrected chi connectivity index (χ1v) is 9.45. The van der Waals surface area contributed by atoms with Crippen LogP contribution in [0.15, 0.2) is 30.6 Å². The second-order valence-electron chi connectivity index (χ2n) is 8.17.